The van der Waals surface area contributed by atoms with Gasteiger partial charge in [-0.1, -0.05) is 35.5 Å². The normalized spacial score (nSPS) is 18.8. The van der Waals surface area contributed by atoms with Gasteiger partial charge in [-0.3, -0.25) is 14.5 Å². The molecule has 2 aliphatic heterocycles. The van der Waals surface area contributed by atoms with Gasteiger partial charge in [-0.05, 0) is 36.6 Å². The first-order valence-corrected chi connectivity index (χ1v) is 11.0. The van der Waals surface area contributed by atoms with E-state index in [1.807, 2.05) is 30.3 Å². The second-order valence-corrected chi connectivity index (χ2v) is 8.24. The molecule has 2 saturated heterocycles. The van der Waals surface area contributed by atoms with Crippen LogP contribution >= 0.6 is 0 Å². The van der Waals surface area contributed by atoms with Crippen LogP contribution in [0.1, 0.15) is 24.0 Å². The molecule has 0 aliphatic carbocycles. The minimum atomic E-state index is -0.967. The number of carbonyl (C=O) groups is 3. The molecule has 34 heavy (non-hydrogen) atoms. The topological polar surface area (TPSA) is 135 Å². The lowest BCUT2D eigenvalue weighted by atomic mass is 9.96. The number of cyclic esters (lactones) is 1. The molecular weight excluding hydrogens is 440 g/mol. The van der Waals surface area contributed by atoms with E-state index in [1.165, 1.54) is 4.90 Å². The molecule has 2 aliphatic rings. The van der Waals surface area contributed by atoms with Crippen molar-refractivity contribution in [3.8, 4) is 0 Å². The molecule has 2 fully saturated rings. The summed E-state index contributed by atoms with van der Waals surface area (Å²) < 4.78 is 10.8. The number of anilines is 2. The van der Waals surface area contributed by atoms with Crippen molar-refractivity contribution in [1.82, 2.24) is 4.90 Å². The maximum atomic E-state index is 13.0. The SMILES string of the molecule is Nc1ccc(N2CC(C(=O)N3CCC(C(=O)OCc4ccccc4)CC3)OC2=O)c(C=NO)c1. The van der Waals surface area contributed by atoms with E-state index < -0.39 is 12.2 Å². The van der Waals surface area contributed by atoms with Crippen LogP contribution in [0.5, 0.6) is 0 Å². The molecular formula is C24H26N4O6. The maximum absolute atomic E-state index is 13.0. The molecule has 10 heteroatoms. The van der Waals surface area contributed by atoms with Crippen LogP contribution in [-0.4, -0.2) is 60.0 Å². The predicted octanol–water partition coefficient (Wildman–Crippen LogP) is 2.38. The number of oxime groups is 1. The number of hydrogen-bond acceptors (Lipinski definition) is 8. The quantitative estimate of drug-likeness (QED) is 0.219. The van der Waals surface area contributed by atoms with E-state index in [4.69, 9.17) is 20.4 Å². The highest BCUT2D eigenvalue weighted by atomic mass is 16.6. The first kappa shape index (κ1) is 23.1. The van der Waals surface area contributed by atoms with Crippen molar-refractivity contribution in [3.05, 3.63) is 59.7 Å². The van der Waals surface area contributed by atoms with E-state index in [2.05, 4.69) is 5.16 Å². The number of esters is 1. The summed E-state index contributed by atoms with van der Waals surface area (Å²) in [6, 6.07) is 14.2. The molecule has 2 amide bonds. The Hall–Kier alpha value is -4.08. The second kappa shape index (κ2) is 10.2. The standard InChI is InChI=1S/C24H26N4O6/c25-19-6-7-20(18(12-19)13-26-32)28-14-21(34-24(28)31)22(29)27-10-8-17(9-11-27)23(30)33-15-16-4-2-1-3-5-16/h1-7,12-13,17,21,32H,8-11,14-15,25H2. The zero-order valence-corrected chi connectivity index (χ0v) is 18.5. The molecule has 178 valence electrons. The highest BCUT2D eigenvalue weighted by Crippen LogP contribution is 2.28. The monoisotopic (exact) mass is 466 g/mol. The Labute approximate surface area is 196 Å². The molecule has 0 aromatic heterocycles. The van der Waals surface area contributed by atoms with Crippen LogP contribution < -0.4 is 10.6 Å². The highest BCUT2D eigenvalue weighted by molar-refractivity contribution is 6.00. The molecule has 0 saturated carbocycles. The molecule has 4 rings (SSSR count). The van der Waals surface area contributed by atoms with Gasteiger partial charge < -0.3 is 25.3 Å². The van der Waals surface area contributed by atoms with Gasteiger partial charge in [0.15, 0.2) is 6.10 Å². The molecule has 0 spiro atoms. The van der Waals surface area contributed by atoms with Gasteiger partial charge in [0.25, 0.3) is 5.91 Å². The van der Waals surface area contributed by atoms with Crippen LogP contribution in [0.2, 0.25) is 0 Å². The van der Waals surface area contributed by atoms with Crippen LogP contribution in [0, 0.1) is 5.92 Å². The fourth-order valence-corrected chi connectivity index (χ4v) is 4.16. The third-order valence-electron chi connectivity index (χ3n) is 5.99. The largest absolute Gasteiger partial charge is 0.461 e. The Morgan fingerprint density at radius 2 is 1.91 bits per heavy atom. The van der Waals surface area contributed by atoms with Crippen LogP contribution in [-0.2, 0) is 25.7 Å². The fourth-order valence-electron chi connectivity index (χ4n) is 4.16. The third-order valence-corrected chi connectivity index (χ3v) is 5.99. The van der Waals surface area contributed by atoms with E-state index in [1.54, 1.807) is 23.1 Å². The molecule has 2 heterocycles. The fraction of sp³-hybridized carbons (Fsp3) is 0.333. The molecule has 0 radical (unpaired) electrons. The van der Waals surface area contributed by atoms with Gasteiger partial charge in [0, 0.05) is 24.3 Å². The number of hydrogen-bond donors (Lipinski definition) is 2. The molecule has 1 unspecified atom stereocenters. The number of nitrogens with two attached hydrogens (primary N) is 1. The van der Waals surface area contributed by atoms with Gasteiger partial charge in [0.2, 0.25) is 0 Å². The second-order valence-electron chi connectivity index (χ2n) is 8.24. The van der Waals surface area contributed by atoms with Crippen molar-refractivity contribution in [2.24, 2.45) is 11.1 Å². The van der Waals surface area contributed by atoms with Crippen molar-refractivity contribution in [1.29, 1.82) is 0 Å². The Morgan fingerprint density at radius 3 is 2.62 bits per heavy atom. The lowest BCUT2D eigenvalue weighted by molar-refractivity contribution is -0.153. The summed E-state index contributed by atoms with van der Waals surface area (Å²) in [6.45, 7) is 0.998. The van der Waals surface area contributed by atoms with E-state index in [0.717, 1.165) is 11.8 Å². The lowest BCUT2D eigenvalue weighted by Crippen LogP contribution is -2.46. The summed E-state index contributed by atoms with van der Waals surface area (Å²) in [5, 5.41) is 11.9. The van der Waals surface area contributed by atoms with Crippen molar-refractivity contribution in [2.45, 2.75) is 25.6 Å². The molecule has 10 nitrogen and oxygen atoms in total. The number of rotatable bonds is 6. The van der Waals surface area contributed by atoms with Crippen molar-refractivity contribution >= 4 is 35.6 Å². The van der Waals surface area contributed by atoms with Gasteiger partial charge in [0.1, 0.15) is 6.61 Å². The van der Waals surface area contributed by atoms with Gasteiger partial charge >= 0.3 is 12.1 Å². The zero-order chi connectivity index (χ0) is 24.1. The zero-order valence-electron chi connectivity index (χ0n) is 18.5. The van der Waals surface area contributed by atoms with Crippen molar-refractivity contribution in [2.75, 3.05) is 30.3 Å². The average molecular weight is 466 g/mol. The third kappa shape index (κ3) is 5.11. The smallest absolute Gasteiger partial charge is 0.415 e. The van der Waals surface area contributed by atoms with E-state index in [-0.39, 0.29) is 30.9 Å². The Kier molecular flexibility index (Phi) is 6.95. The maximum Gasteiger partial charge on any atom is 0.415 e. The number of nitrogens with zero attached hydrogens (tertiary/aromatic N) is 3. The number of benzene rings is 2. The van der Waals surface area contributed by atoms with Crippen LogP contribution in [0.15, 0.2) is 53.7 Å². The molecule has 1 atom stereocenters. The number of piperidine rings is 1. The van der Waals surface area contributed by atoms with E-state index in [9.17, 15) is 14.4 Å². The summed E-state index contributed by atoms with van der Waals surface area (Å²) in [5.41, 5.74) is 7.97. The number of likely N-dealkylation sites (tertiary alicyclic amines) is 1. The molecule has 2 aromatic carbocycles. The van der Waals surface area contributed by atoms with Gasteiger partial charge in [-0.25, -0.2) is 4.79 Å². The van der Waals surface area contributed by atoms with E-state index >= 15 is 0 Å². The first-order chi connectivity index (χ1) is 16.5. The highest BCUT2D eigenvalue weighted by Gasteiger charge is 2.41. The van der Waals surface area contributed by atoms with Crippen LogP contribution in [0.4, 0.5) is 16.2 Å². The first-order valence-electron chi connectivity index (χ1n) is 11.0. The average Bonchev–Trinajstić information content (AvgIpc) is 3.24. The Balaban J connectivity index is 1.31. The van der Waals surface area contributed by atoms with Gasteiger partial charge in [0.05, 0.1) is 24.4 Å². The van der Waals surface area contributed by atoms with Crippen LogP contribution in [0.25, 0.3) is 0 Å². The summed E-state index contributed by atoms with van der Waals surface area (Å²) in [4.78, 5) is 40.8. The van der Waals surface area contributed by atoms with E-state index in [0.29, 0.717) is 42.9 Å². The van der Waals surface area contributed by atoms with Gasteiger partial charge in [-0.15, -0.1) is 0 Å². The van der Waals surface area contributed by atoms with Crippen molar-refractivity contribution < 1.29 is 29.1 Å². The molecule has 3 N–H and O–H groups in total. The summed E-state index contributed by atoms with van der Waals surface area (Å²) in [6.07, 6.45) is 0.494. The summed E-state index contributed by atoms with van der Waals surface area (Å²) in [7, 11) is 0. The van der Waals surface area contributed by atoms with Crippen molar-refractivity contribution in [3.63, 3.8) is 0 Å². The molecule has 2 aromatic rings. The molecule has 0 bridgehead atoms. The number of ether oxygens (including phenoxy) is 2. The van der Waals surface area contributed by atoms with Gasteiger partial charge in [-0.2, -0.15) is 0 Å². The summed E-state index contributed by atoms with van der Waals surface area (Å²) >= 11 is 0. The number of amides is 2. The van der Waals surface area contributed by atoms with Crippen LogP contribution in [0.3, 0.4) is 0 Å². The minimum Gasteiger partial charge on any atom is -0.461 e. The Morgan fingerprint density at radius 1 is 1.18 bits per heavy atom. The number of carbonyl (C=O) groups excluding carboxylic acids is 3. The summed E-state index contributed by atoms with van der Waals surface area (Å²) in [5.74, 6) is -0.846. The minimum absolute atomic E-state index is 0.0207. The predicted molar refractivity (Wildman–Crippen MR) is 123 cm³/mol. The Bertz CT molecular complexity index is 1080. The lowest BCUT2D eigenvalue weighted by Gasteiger charge is -2.32. The number of nitrogen functional groups attached to an aromatic ring is 1.